The van der Waals surface area contributed by atoms with Crippen LogP contribution >= 0.6 is 0 Å². The maximum absolute atomic E-state index is 13.8. The highest BCUT2D eigenvalue weighted by atomic mass is 19.1. The van der Waals surface area contributed by atoms with Crippen molar-refractivity contribution in [2.45, 2.75) is 45.4 Å². The van der Waals surface area contributed by atoms with Gasteiger partial charge in [0.1, 0.15) is 5.82 Å². The highest BCUT2D eigenvalue weighted by Gasteiger charge is 2.14. The second kappa shape index (κ2) is 6.64. The first-order chi connectivity index (χ1) is 7.69. The number of benzene rings is 1. The standard InChI is InChI=1S/C14H22FN/c1-3-5-12(6-4-9-16)13-8-7-11(2)10-14(13)15/h7-8,10,12H,3-6,9,16H2,1-2H3. The van der Waals surface area contributed by atoms with E-state index >= 15 is 0 Å². The van der Waals surface area contributed by atoms with E-state index in [2.05, 4.69) is 6.92 Å². The molecule has 1 unspecified atom stereocenters. The van der Waals surface area contributed by atoms with Gasteiger partial charge in [0.2, 0.25) is 0 Å². The molecule has 2 N–H and O–H groups in total. The molecule has 1 aromatic rings. The minimum atomic E-state index is -0.0597. The molecule has 0 aliphatic carbocycles. The summed E-state index contributed by atoms with van der Waals surface area (Å²) in [7, 11) is 0. The minimum Gasteiger partial charge on any atom is -0.330 e. The third kappa shape index (κ3) is 3.60. The zero-order chi connectivity index (χ0) is 12.0. The summed E-state index contributed by atoms with van der Waals surface area (Å²) in [5.74, 6) is 0.268. The summed E-state index contributed by atoms with van der Waals surface area (Å²) >= 11 is 0. The summed E-state index contributed by atoms with van der Waals surface area (Å²) < 4.78 is 13.8. The van der Waals surface area contributed by atoms with E-state index < -0.39 is 0 Å². The molecule has 0 saturated heterocycles. The molecule has 1 aromatic carbocycles. The third-order valence-electron chi connectivity index (χ3n) is 2.99. The molecule has 1 rings (SSSR count). The quantitative estimate of drug-likeness (QED) is 0.780. The molecule has 0 radical (unpaired) electrons. The fourth-order valence-corrected chi connectivity index (χ4v) is 2.13. The van der Waals surface area contributed by atoms with Crippen molar-refractivity contribution in [1.82, 2.24) is 0 Å². The smallest absolute Gasteiger partial charge is 0.126 e. The number of nitrogens with two attached hydrogens (primary N) is 1. The monoisotopic (exact) mass is 223 g/mol. The molecule has 16 heavy (non-hydrogen) atoms. The maximum atomic E-state index is 13.8. The van der Waals surface area contributed by atoms with Gasteiger partial charge in [-0.15, -0.1) is 0 Å². The van der Waals surface area contributed by atoms with Gasteiger partial charge in [-0.05, 0) is 55.8 Å². The van der Waals surface area contributed by atoms with Gasteiger partial charge in [-0.3, -0.25) is 0 Å². The van der Waals surface area contributed by atoms with Gasteiger partial charge in [0.25, 0.3) is 0 Å². The van der Waals surface area contributed by atoms with Crippen LogP contribution in [-0.2, 0) is 0 Å². The molecule has 0 amide bonds. The van der Waals surface area contributed by atoms with Crippen LogP contribution in [0.3, 0.4) is 0 Å². The number of hydrogen-bond donors (Lipinski definition) is 1. The first-order valence-electron chi connectivity index (χ1n) is 6.15. The molecule has 0 spiro atoms. The van der Waals surface area contributed by atoms with Crippen LogP contribution in [0.15, 0.2) is 18.2 Å². The summed E-state index contributed by atoms with van der Waals surface area (Å²) in [6.07, 6.45) is 4.09. The lowest BCUT2D eigenvalue weighted by Crippen LogP contribution is -2.06. The maximum Gasteiger partial charge on any atom is 0.126 e. The van der Waals surface area contributed by atoms with Crippen molar-refractivity contribution in [3.8, 4) is 0 Å². The zero-order valence-electron chi connectivity index (χ0n) is 10.3. The van der Waals surface area contributed by atoms with E-state index in [4.69, 9.17) is 5.73 Å². The van der Waals surface area contributed by atoms with Gasteiger partial charge in [0, 0.05) is 0 Å². The predicted octanol–water partition coefficient (Wildman–Crippen LogP) is 3.76. The van der Waals surface area contributed by atoms with E-state index in [1.165, 1.54) is 0 Å². The molecule has 1 nitrogen and oxygen atoms in total. The van der Waals surface area contributed by atoms with Gasteiger partial charge in [0.15, 0.2) is 0 Å². The van der Waals surface area contributed by atoms with Crippen molar-refractivity contribution in [3.05, 3.63) is 35.1 Å². The van der Waals surface area contributed by atoms with Gasteiger partial charge >= 0.3 is 0 Å². The molecule has 1 atom stereocenters. The molecule has 0 bridgehead atoms. The van der Waals surface area contributed by atoms with Gasteiger partial charge in [-0.1, -0.05) is 25.5 Å². The van der Waals surface area contributed by atoms with Crippen LogP contribution in [0.1, 0.15) is 49.7 Å². The Morgan fingerprint density at radius 3 is 2.62 bits per heavy atom. The molecular formula is C14H22FN. The largest absolute Gasteiger partial charge is 0.330 e. The van der Waals surface area contributed by atoms with Crippen molar-refractivity contribution in [2.75, 3.05) is 6.54 Å². The SMILES string of the molecule is CCCC(CCCN)c1ccc(C)cc1F. The molecule has 0 saturated carbocycles. The van der Waals surface area contributed by atoms with E-state index in [-0.39, 0.29) is 5.82 Å². The Hall–Kier alpha value is -0.890. The lowest BCUT2D eigenvalue weighted by molar-refractivity contribution is 0.513. The highest BCUT2D eigenvalue weighted by Crippen LogP contribution is 2.28. The fourth-order valence-electron chi connectivity index (χ4n) is 2.13. The molecule has 90 valence electrons. The van der Waals surface area contributed by atoms with Crippen LogP contribution in [0.5, 0.6) is 0 Å². The van der Waals surface area contributed by atoms with Crippen LogP contribution in [0.4, 0.5) is 4.39 Å². The van der Waals surface area contributed by atoms with Crippen LogP contribution in [-0.4, -0.2) is 6.54 Å². The molecule has 0 fully saturated rings. The average molecular weight is 223 g/mol. The summed E-state index contributed by atoms with van der Waals surface area (Å²) in [5.41, 5.74) is 7.36. The van der Waals surface area contributed by atoms with E-state index in [0.29, 0.717) is 12.5 Å². The first kappa shape index (κ1) is 13.2. The normalized spacial score (nSPS) is 12.8. The third-order valence-corrected chi connectivity index (χ3v) is 2.99. The minimum absolute atomic E-state index is 0.0597. The number of aryl methyl sites for hydroxylation is 1. The van der Waals surface area contributed by atoms with Crippen LogP contribution < -0.4 is 5.73 Å². The second-order valence-electron chi connectivity index (χ2n) is 4.44. The lowest BCUT2D eigenvalue weighted by atomic mass is 9.89. The highest BCUT2D eigenvalue weighted by molar-refractivity contribution is 5.26. The molecule has 0 aliphatic heterocycles. The van der Waals surface area contributed by atoms with Gasteiger partial charge in [0.05, 0.1) is 0 Å². The molecule has 0 heterocycles. The van der Waals surface area contributed by atoms with Crippen molar-refractivity contribution in [1.29, 1.82) is 0 Å². The summed E-state index contributed by atoms with van der Waals surface area (Å²) in [4.78, 5) is 0. The summed E-state index contributed by atoms with van der Waals surface area (Å²) in [6, 6.07) is 5.55. The van der Waals surface area contributed by atoms with Crippen LogP contribution in [0.2, 0.25) is 0 Å². The van der Waals surface area contributed by atoms with E-state index in [1.54, 1.807) is 6.07 Å². The van der Waals surface area contributed by atoms with Crippen molar-refractivity contribution in [2.24, 2.45) is 5.73 Å². The Morgan fingerprint density at radius 2 is 2.06 bits per heavy atom. The number of halogens is 1. The number of rotatable bonds is 6. The summed E-state index contributed by atoms with van der Waals surface area (Å²) in [5, 5.41) is 0. The number of hydrogen-bond acceptors (Lipinski definition) is 1. The van der Waals surface area contributed by atoms with Crippen molar-refractivity contribution >= 4 is 0 Å². The second-order valence-corrected chi connectivity index (χ2v) is 4.44. The van der Waals surface area contributed by atoms with Gasteiger partial charge < -0.3 is 5.73 Å². The lowest BCUT2D eigenvalue weighted by Gasteiger charge is -2.17. The topological polar surface area (TPSA) is 26.0 Å². The average Bonchev–Trinajstić information content (AvgIpc) is 2.25. The molecule has 2 heteroatoms. The Kier molecular flexibility index (Phi) is 5.47. The van der Waals surface area contributed by atoms with E-state index in [1.807, 2.05) is 19.1 Å². The van der Waals surface area contributed by atoms with E-state index in [9.17, 15) is 4.39 Å². The Morgan fingerprint density at radius 1 is 1.31 bits per heavy atom. The van der Waals surface area contributed by atoms with Gasteiger partial charge in [-0.25, -0.2) is 4.39 Å². The van der Waals surface area contributed by atoms with Crippen LogP contribution in [0, 0.1) is 12.7 Å². The van der Waals surface area contributed by atoms with E-state index in [0.717, 1.165) is 36.8 Å². The van der Waals surface area contributed by atoms with Crippen molar-refractivity contribution < 1.29 is 4.39 Å². The zero-order valence-corrected chi connectivity index (χ0v) is 10.3. The Balaban J connectivity index is 2.82. The van der Waals surface area contributed by atoms with Gasteiger partial charge in [-0.2, -0.15) is 0 Å². The van der Waals surface area contributed by atoms with Crippen molar-refractivity contribution in [3.63, 3.8) is 0 Å². The Bertz CT molecular complexity index is 323. The molecule has 0 aliphatic rings. The molecule has 0 aromatic heterocycles. The molecular weight excluding hydrogens is 201 g/mol. The first-order valence-corrected chi connectivity index (χ1v) is 6.15. The predicted molar refractivity (Wildman–Crippen MR) is 67.1 cm³/mol. The summed E-state index contributed by atoms with van der Waals surface area (Å²) in [6.45, 7) is 4.75. The Labute approximate surface area is 97.9 Å². The fraction of sp³-hybridized carbons (Fsp3) is 0.571. The van der Waals surface area contributed by atoms with Crippen LogP contribution in [0.25, 0.3) is 0 Å².